The SMILES string of the molecule is Brc1cccc(Br)c1Oc1cccnc1. The Labute approximate surface area is 105 Å². The van der Waals surface area contributed by atoms with Crippen molar-refractivity contribution in [3.63, 3.8) is 0 Å². The van der Waals surface area contributed by atoms with Crippen LogP contribution in [0, 0.1) is 0 Å². The first-order valence-electron chi connectivity index (χ1n) is 4.29. The maximum Gasteiger partial charge on any atom is 0.155 e. The van der Waals surface area contributed by atoms with Crippen molar-refractivity contribution < 1.29 is 4.74 Å². The largest absolute Gasteiger partial charge is 0.453 e. The van der Waals surface area contributed by atoms with Crippen LogP contribution in [0.2, 0.25) is 0 Å². The van der Waals surface area contributed by atoms with Gasteiger partial charge < -0.3 is 4.74 Å². The number of pyridine rings is 1. The molecule has 0 atom stereocenters. The highest BCUT2D eigenvalue weighted by Crippen LogP contribution is 2.35. The minimum Gasteiger partial charge on any atom is -0.453 e. The maximum atomic E-state index is 5.68. The molecule has 0 bridgehead atoms. The van der Waals surface area contributed by atoms with Crippen molar-refractivity contribution in [1.82, 2.24) is 4.98 Å². The lowest BCUT2D eigenvalue weighted by molar-refractivity contribution is 0.474. The molecule has 2 rings (SSSR count). The Hall–Kier alpha value is -0.870. The summed E-state index contributed by atoms with van der Waals surface area (Å²) in [4.78, 5) is 3.98. The molecular weight excluding hydrogens is 322 g/mol. The lowest BCUT2D eigenvalue weighted by Gasteiger charge is -2.08. The monoisotopic (exact) mass is 327 g/mol. The number of nitrogens with zero attached hydrogens (tertiary/aromatic N) is 1. The highest BCUT2D eigenvalue weighted by atomic mass is 79.9. The summed E-state index contributed by atoms with van der Waals surface area (Å²) >= 11 is 6.86. The van der Waals surface area contributed by atoms with E-state index in [1.165, 1.54) is 0 Å². The van der Waals surface area contributed by atoms with Crippen LogP contribution in [-0.2, 0) is 0 Å². The molecule has 0 aliphatic rings. The molecule has 0 spiro atoms. The quantitative estimate of drug-likeness (QED) is 0.815. The van der Waals surface area contributed by atoms with E-state index in [-0.39, 0.29) is 0 Å². The van der Waals surface area contributed by atoms with Gasteiger partial charge in [-0.25, -0.2) is 0 Å². The highest BCUT2D eigenvalue weighted by Gasteiger charge is 2.06. The Kier molecular flexibility index (Phi) is 3.38. The summed E-state index contributed by atoms with van der Waals surface area (Å²) in [6, 6.07) is 9.48. The van der Waals surface area contributed by atoms with Crippen LogP contribution in [0.15, 0.2) is 51.7 Å². The number of ether oxygens (including phenoxy) is 1. The Balaban J connectivity index is 2.32. The van der Waals surface area contributed by atoms with E-state index in [0.717, 1.165) is 14.7 Å². The summed E-state index contributed by atoms with van der Waals surface area (Å²) in [6.45, 7) is 0. The second-order valence-corrected chi connectivity index (χ2v) is 4.55. The first-order chi connectivity index (χ1) is 7.27. The minimum atomic E-state index is 0.713. The third-order valence-electron chi connectivity index (χ3n) is 1.77. The molecule has 1 aromatic heterocycles. The average Bonchev–Trinajstić information content (AvgIpc) is 2.25. The number of benzene rings is 1. The van der Waals surface area contributed by atoms with Crippen molar-refractivity contribution in [1.29, 1.82) is 0 Å². The van der Waals surface area contributed by atoms with Gasteiger partial charge in [-0.1, -0.05) is 6.07 Å². The molecule has 0 N–H and O–H groups in total. The van der Waals surface area contributed by atoms with E-state index in [2.05, 4.69) is 36.8 Å². The van der Waals surface area contributed by atoms with Crippen LogP contribution < -0.4 is 4.74 Å². The molecule has 0 fully saturated rings. The van der Waals surface area contributed by atoms with Crippen molar-refractivity contribution in [2.75, 3.05) is 0 Å². The molecule has 1 heterocycles. The van der Waals surface area contributed by atoms with E-state index >= 15 is 0 Å². The fourth-order valence-electron chi connectivity index (χ4n) is 1.11. The lowest BCUT2D eigenvalue weighted by Crippen LogP contribution is -1.87. The van der Waals surface area contributed by atoms with E-state index in [9.17, 15) is 0 Å². The van der Waals surface area contributed by atoms with E-state index < -0.39 is 0 Å². The van der Waals surface area contributed by atoms with E-state index in [1.807, 2.05) is 30.3 Å². The van der Waals surface area contributed by atoms with Gasteiger partial charge in [-0.05, 0) is 56.1 Å². The second-order valence-electron chi connectivity index (χ2n) is 2.84. The van der Waals surface area contributed by atoms with Crippen molar-refractivity contribution >= 4 is 31.9 Å². The van der Waals surface area contributed by atoms with Crippen molar-refractivity contribution in [2.24, 2.45) is 0 Å². The number of rotatable bonds is 2. The Morgan fingerprint density at radius 2 is 1.73 bits per heavy atom. The Bertz CT molecular complexity index is 439. The summed E-state index contributed by atoms with van der Waals surface area (Å²) in [5.41, 5.74) is 0. The van der Waals surface area contributed by atoms with E-state index in [1.54, 1.807) is 12.4 Å². The van der Waals surface area contributed by atoms with Gasteiger partial charge in [0.2, 0.25) is 0 Å². The maximum absolute atomic E-state index is 5.68. The molecule has 4 heteroatoms. The van der Waals surface area contributed by atoms with Crippen LogP contribution in [-0.4, -0.2) is 4.98 Å². The third-order valence-corrected chi connectivity index (χ3v) is 3.02. The molecular formula is C11H7Br2NO. The second kappa shape index (κ2) is 4.77. The smallest absolute Gasteiger partial charge is 0.155 e. The average molecular weight is 329 g/mol. The normalized spacial score (nSPS) is 10.0. The van der Waals surface area contributed by atoms with Gasteiger partial charge in [-0.3, -0.25) is 4.98 Å². The third kappa shape index (κ3) is 2.58. The molecule has 0 saturated carbocycles. The zero-order valence-electron chi connectivity index (χ0n) is 7.65. The molecule has 0 amide bonds. The van der Waals surface area contributed by atoms with Gasteiger partial charge in [-0.2, -0.15) is 0 Å². The fraction of sp³-hybridized carbons (Fsp3) is 0. The summed E-state index contributed by atoms with van der Waals surface area (Å²) in [5.74, 6) is 1.47. The summed E-state index contributed by atoms with van der Waals surface area (Å²) in [5, 5.41) is 0. The standard InChI is InChI=1S/C11H7Br2NO/c12-9-4-1-5-10(13)11(9)15-8-3-2-6-14-7-8/h1-7H. The van der Waals surface area contributed by atoms with Gasteiger partial charge in [-0.15, -0.1) is 0 Å². The molecule has 0 aliphatic heterocycles. The molecule has 2 aromatic rings. The zero-order chi connectivity index (χ0) is 10.7. The van der Waals surface area contributed by atoms with Gasteiger partial charge in [0.1, 0.15) is 5.75 Å². The molecule has 2 nitrogen and oxygen atoms in total. The van der Waals surface area contributed by atoms with E-state index in [4.69, 9.17) is 4.74 Å². The predicted octanol–water partition coefficient (Wildman–Crippen LogP) is 4.40. The number of halogens is 2. The van der Waals surface area contributed by atoms with Crippen LogP contribution in [0.4, 0.5) is 0 Å². The lowest BCUT2D eigenvalue weighted by atomic mass is 10.3. The van der Waals surface area contributed by atoms with Gasteiger partial charge in [0.05, 0.1) is 15.1 Å². The highest BCUT2D eigenvalue weighted by molar-refractivity contribution is 9.11. The first-order valence-corrected chi connectivity index (χ1v) is 5.88. The summed E-state index contributed by atoms with van der Waals surface area (Å²) in [7, 11) is 0. The van der Waals surface area contributed by atoms with Crippen LogP contribution in [0.1, 0.15) is 0 Å². The summed E-state index contributed by atoms with van der Waals surface area (Å²) in [6.07, 6.45) is 3.38. The van der Waals surface area contributed by atoms with Crippen LogP contribution in [0.5, 0.6) is 11.5 Å². The van der Waals surface area contributed by atoms with Gasteiger partial charge in [0.15, 0.2) is 5.75 Å². The topological polar surface area (TPSA) is 22.1 Å². The number of hydrogen-bond acceptors (Lipinski definition) is 2. The molecule has 0 aliphatic carbocycles. The number of hydrogen-bond donors (Lipinski definition) is 0. The van der Waals surface area contributed by atoms with E-state index in [0.29, 0.717) is 5.75 Å². The Morgan fingerprint density at radius 1 is 1.00 bits per heavy atom. The fourth-order valence-corrected chi connectivity index (χ4v) is 2.27. The van der Waals surface area contributed by atoms with Crippen molar-refractivity contribution in [3.05, 3.63) is 51.7 Å². The first kappa shape index (κ1) is 10.6. The molecule has 0 unspecified atom stereocenters. The molecule has 0 saturated heterocycles. The van der Waals surface area contributed by atoms with Crippen molar-refractivity contribution in [3.8, 4) is 11.5 Å². The predicted molar refractivity (Wildman–Crippen MR) is 66.2 cm³/mol. The number of para-hydroxylation sites is 1. The molecule has 15 heavy (non-hydrogen) atoms. The molecule has 0 radical (unpaired) electrons. The molecule has 1 aromatic carbocycles. The van der Waals surface area contributed by atoms with Crippen molar-refractivity contribution in [2.45, 2.75) is 0 Å². The van der Waals surface area contributed by atoms with Crippen LogP contribution in [0.25, 0.3) is 0 Å². The zero-order valence-corrected chi connectivity index (χ0v) is 10.8. The summed E-state index contributed by atoms with van der Waals surface area (Å²) < 4.78 is 7.49. The minimum absolute atomic E-state index is 0.713. The molecule has 76 valence electrons. The number of aromatic nitrogens is 1. The van der Waals surface area contributed by atoms with Crippen LogP contribution in [0.3, 0.4) is 0 Å². The van der Waals surface area contributed by atoms with Crippen LogP contribution >= 0.6 is 31.9 Å². The van der Waals surface area contributed by atoms with Gasteiger partial charge in [0.25, 0.3) is 0 Å². The van der Waals surface area contributed by atoms with Gasteiger partial charge >= 0.3 is 0 Å². The Morgan fingerprint density at radius 3 is 2.33 bits per heavy atom. The van der Waals surface area contributed by atoms with Gasteiger partial charge in [0, 0.05) is 6.20 Å².